The Balaban J connectivity index is 0.00000641. The van der Waals surface area contributed by atoms with E-state index in [0.29, 0.717) is 29.7 Å². The van der Waals surface area contributed by atoms with Gasteiger partial charge in [-0.3, -0.25) is 23.2 Å². The molecule has 5 aromatic carbocycles. The van der Waals surface area contributed by atoms with Crippen molar-refractivity contribution in [2.45, 2.75) is 19.6 Å². The topological polar surface area (TPSA) is 369 Å². The summed E-state index contributed by atoms with van der Waals surface area (Å²) >= 11 is 6.10. The number of nitrogens with zero attached hydrogens (tertiary/aromatic N) is 5. The number of aromatic nitrogens is 3. The van der Waals surface area contributed by atoms with Gasteiger partial charge >= 0.3 is 5.97 Å². The summed E-state index contributed by atoms with van der Waals surface area (Å²) in [4.78, 5) is 25.1. The molecule has 6 rings (SSSR count). The summed E-state index contributed by atoms with van der Waals surface area (Å²) in [6.45, 7) is 0. The summed E-state index contributed by atoms with van der Waals surface area (Å²) in [5, 5.41) is 27.4. The molecule has 0 aliphatic carbocycles. The van der Waals surface area contributed by atoms with Crippen molar-refractivity contribution in [3.8, 4) is 5.75 Å². The Hall–Kier alpha value is -4.97. The van der Waals surface area contributed by atoms with Crippen molar-refractivity contribution in [2.24, 2.45) is 20.2 Å². The van der Waals surface area contributed by atoms with Gasteiger partial charge in [0, 0.05) is 34.9 Å². The maximum Gasteiger partial charge on any atom is 0.337 e. The van der Waals surface area contributed by atoms with Crippen LogP contribution >= 0.6 is 11.6 Å². The minimum Gasteiger partial charge on any atom is -0.505 e. The van der Waals surface area contributed by atoms with Crippen molar-refractivity contribution in [3.63, 3.8) is 0 Å². The average molecular weight is 905 g/mol. The van der Waals surface area contributed by atoms with E-state index in [1.807, 2.05) is 0 Å². The molecule has 1 aromatic heterocycles. The van der Waals surface area contributed by atoms with E-state index in [-0.39, 0.29) is 34.9 Å². The molecule has 0 amide bonds. The zero-order valence-corrected chi connectivity index (χ0v) is 34.6. The number of azo groups is 1. The average Bonchev–Trinajstić information content (AvgIpc) is 3.08. The molecule has 8 N–H and O–H groups in total. The Bertz CT molecular complexity index is 3380. The van der Waals surface area contributed by atoms with Crippen LogP contribution in [0.2, 0.25) is 5.28 Å². The molecule has 1 heterocycles. The summed E-state index contributed by atoms with van der Waals surface area (Å²) in [6.07, 6.45) is 0. The van der Waals surface area contributed by atoms with Crippen LogP contribution < -0.4 is 11.2 Å². The second-order valence-electron chi connectivity index (χ2n) is 11.4. The first-order valence-corrected chi connectivity index (χ1v) is 21.1. The van der Waals surface area contributed by atoms with E-state index in [2.05, 4.69) is 35.2 Å². The molecule has 0 spiro atoms. The Labute approximate surface area is 351 Å². The van der Waals surface area contributed by atoms with Crippen molar-refractivity contribution in [1.29, 1.82) is 0 Å². The van der Waals surface area contributed by atoms with E-state index in [4.69, 9.17) is 11.6 Å². The van der Waals surface area contributed by atoms with Crippen molar-refractivity contribution in [1.82, 2.24) is 15.0 Å². The van der Waals surface area contributed by atoms with Gasteiger partial charge in [-0.05, 0) is 64.8 Å². The molecule has 58 heavy (non-hydrogen) atoms. The molecule has 0 aliphatic heterocycles. The van der Waals surface area contributed by atoms with E-state index >= 15 is 0 Å². The molecule has 28 heteroatoms. The number of aromatic hydroxyl groups is 1. The normalized spacial score (nSPS) is 13.3. The minimum atomic E-state index is -5.37. The molecular weight excluding hydrogens is 885 g/mol. The predicted octanol–water partition coefficient (Wildman–Crippen LogP) is 3.59. The number of fused-ring (bicyclic) bond motifs is 2. The molecule has 0 atom stereocenters. The fraction of sp³-hybridized carbons (Fsp3) is 0. The summed E-state index contributed by atoms with van der Waals surface area (Å²) in [5.41, 5.74) is -4.35. The van der Waals surface area contributed by atoms with E-state index in [1.54, 1.807) is 6.07 Å². The third-order valence-corrected chi connectivity index (χ3v) is 11.3. The number of carbonyl (C=O) groups is 1. The Morgan fingerprint density at radius 3 is 1.95 bits per heavy atom. The van der Waals surface area contributed by atoms with Gasteiger partial charge in [-0.1, -0.05) is 30.3 Å². The monoisotopic (exact) mass is 904 g/mol. The van der Waals surface area contributed by atoms with Gasteiger partial charge in [0.25, 0.3) is 40.5 Å². The van der Waals surface area contributed by atoms with Gasteiger partial charge in [0.2, 0.25) is 16.5 Å². The quantitative estimate of drug-likeness (QED) is 0.0584. The van der Waals surface area contributed by atoms with E-state index in [1.165, 1.54) is 24.3 Å². The SMILES string of the molecule is O=C(O)c1cc(S(=O)(=O)O)ccc1N=c1nc(Cl)[nH]c(=Nc2cc(S(=O)(=O)O)cc3cc(S(=O)(=O)O)c(N=Nc4ccc5ccccc5c4S(=O)(=O)O)c(O)c23)[nH]1.[Na]. The molecular formula is C30H20ClN7NaO15S4. The van der Waals surface area contributed by atoms with Crippen LogP contribution in [0.5, 0.6) is 5.75 Å². The van der Waals surface area contributed by atoms with Crippen molar-refractivity contribution < 1.29 is 66.9 Å². The van der Waals surface area contributed by atoms with Crippen LogP contribution in [-0.4, -0.2) is 113 Å². The van der Waals surface area contributed by atoms with Crippen LogP contribution in [-0.2, 0) is 40.5 Å². The van der Waals surface area contributed by atoms with Gasteiger partial charge in [-0.25, -0.2) is 14.8 Å². The molecule has 0 fully saturated rings. The van der Waals surface area contributed by atoms with E-state index in [0.717, 1.165) is 18.2 Å². The molecule has 0 saturated carbocycles. The number of phenols is 1. The summed E-state index contributed by atoms with van der Waals surface area (Å²) in [5.74, 6) is -2.83. The van der Waals surface area contributed by atoms with Gasteiger partial charge < -0.3 is 15.2 Å². The molecule has 297 valence electrons. The molecule has 0 saturated heterocycles. The minimum absolute atomic E-state index is 0. The fourth-order valence-electron chi connectivity index (χ4n) is 5.33. The van der Waals surface area contributed by atoms with Gasteiger partial charge in [0.15, 0.2) is 5.75 Å². The Kier molecular flexibility index (Phi) is 12.2. The number of carboxylic acids is 1. The Morgan fingerprint density at radius 2 is 1.33 bits per heavy atom. The van der Waals surface area contributed by atoms with E-state index < -0.39 is 127 Å². The zero-order chi connectivity index (χ0) is 41.8. The molecule has 0 unspecified atom stereocenters. The number of hydrogen-bond donors (Lipinski definition) is 8. The number of halogens is 1. The second kappa shape index (κ2) is 16.0. The number of rotatable bonds is 9. The van der Waals surface area contributed by atoms with Crippen molar-refractivity contribution in [2.75, 3.05) is 0 Å². The Morgan fingerprint density at radius 1 is 0.672 bits per heavy atom. The predicted molar refractivity (Wildman–Crippen MR) is 201 cm³/mol. The van der Waals surface area contributed by atoms with Crippen LogP contribution in [0.1, 0.15) is 10.4 Å². The van der Waals surface area contributed by atoms with Gasteiger partial charge in [-0.2, -0.15) is 38.7 Å². The van der Waals surface area contributed by atoms with Crippen molar-refractivity contribution >= 4 is 132 Å². The van der Waals surface area contributed by atoms with Crippen LogP contribution in [0.3, 0.4) is 0 Å². The number of aromatic amines is 2. The molecule has 0 bridgehead atoms. The first-order valence-electron chi connectivity index (χ1n) is 14.9. The zero-order valence-electron chi connectivity index (χ0n) is 28.5. The van der Waals surface area contributed by atoms with Crippen LogP contribution in [0.4, 0.5) is 22.7 Å². The molecule has 6 aromatic rings. The number of phenolic OH excluding ortho intramolecular Hbond substituents is 1. The number of hydrogen-bond acceptors (Lipinski definition) is 15. The number of aromatic carboxylic acids is 1. The largest absolute Gasteiger partial charge is 0.505 e. The smallest absolute Gasteiger partial charge is 0.337 e. The van der Waals surface area contributed by atoms with Crippen LogP contribution in [0.15, 0.2) is 113 Å². The maximum atomic E-state index is 12.6. The molecule has 0 aliphatic rings. The number of benzene rings is 5. The van der Waals surface area contributed by atoms with Gasteiger partial charge in [-0.15, -0.1) is 10.2 Å². The van der Waals surface area contributed by atoms with Gasteiger partial charge in [0.05, 0.1) is 32.1 Å². The van der Waals surface area contributed by atoms with Gasteiger partial charge in [0.1, 0.15) is 21.2 Å². The number of nitrogens with one attached hydrogen (secondary N) is 2. The summed E-state index contributed by atoms with van der Waals surface area (Å²) in [6, 6.07) is 12.7. The maximum absolute atomic E-state index is 12.6. The second-order valence-corrected chi connectivity index (χ2v) is 17.3. The van der Waals surface area contributed by atoms with Crippen LogP contribution in [0, 0.1) is 0 Å². The van der Waals surface area contributed by atoms with Crippen molar-refractivity contribution in [3.05, 3.63) is 94.9 Å². The van der Waals surface area contributed by atoms with E-state index in [9.17, 15) is 66.9 Å². The first-order chi connectivity index (χ1) is 26.4. The third kappa shape index (κ3) is 9.33. The van der Waals surface area contributed by atoms with Crippen LogP contribution in [0.25, 0.3) is 21.5 Å². The fourth-order valence-corrected chi connectivity index (χ4v) is 8.03. The summed E-state index contributed by atoms with van der Waals surface area (Å²) in [7, 11) is -20.3. The standard InChI is InChI=1S/C30H20ClN7O15S4.Na/c31-28-34-29(32-19-8-6-15(54(42,43)44)11-18(19)27(40)41)36-30(35-28)33-21-12-16(55(45,46)47)9-14-10-22(56(48,49)50)24(25(39)23(14)21)38-37-20-7-5-13-3-1-2-4-17(13)26(20)57(51,52)53;/h1-12,39H,(H,40,41)(H,42,43,44)(H,45,46,47)(H,48,49,50)(H,51,52,53)(H2,32,33,34,35,36);. The number of H-pyrrole nitrogens is 2. The third-order valence-electron chi connectivity index (χ3n) is 7.66. The molecule has 1 radical (unpaired) electrons. The number of carboxylic acid groups (broad SMARTS) is 1. The first kappa shape index (κ1) is 44.1. The molecule has 22 nitrogen and oxygen atoms in total. The summed E-state index contributed by atoms with van der Waals surface area (Å²) < 4.78 is 137.